The van der Waals surface area contributed by atoms with Crippen LogP contribution in [0.2, 0.25) is 0 Å². The molecule has 1 aliphatic heterocycles. The summed E-state index contributed by atoms with van der Waals surface area (Å²) in [6, 6.07) is 0. The predicted octanol–water partition coefficient (Wildman–Crippen LogP) is 3.11. The molecule has 124 valence electrons. The van der Waals surface area contributed by atoms with Crippen LogP contribution in [-0.4, -0.2) is 52.1 Å². The third-order valence-corrected chi connectivity index (χ3v) is 4.87. The lowest BCUT2D eigenvalue weighted by atomic mass is 10.1. The van der Waals surface area contributed by atoms with E-state index in [1.807, 2.05) is 6.92 Å². The number of carbonyl (C=O) groups is 1. The van der Waals surface area contributed by atoms with E-state index < -0.39 is 0 Å². The molecule has 0 spiro atoms. The number of halogens is 1. The summed E-state index contributed by atoms with van der Waals surface area (Å²) in [5, 5.41) is 0.991. The van der Waals surface area contributed by atoms with Crippen LogP contribution in [0.4, 0.5) is 0 Å². The van der Waals surface area contributed by atoms with E-state index >= 15 is 0 Å². The van der Waals surface area contributed by atoms with Gasteiger partial charge in [0.25, 0.3) is 0 Å². The molecule has 0 aliphatic carbocycles. The van der Waals surface area contributed by atoms with Gasteiger partial charge in [-0.1, -0.05) is 6.08 Å². The first kappa shape index (κ1) is 19.4. The van der Waals surface area contributed by atoms with E-state index in [0.717, 1.165) is 42.4 Å². The van der Waals surface area contributed by atoms with Gasteiger partial charge in [-0.3, -0.25) is 4.79 Å². The van der Waals surface area contributed by atoms with Crippen LogP contribution < -0.4 is 0 Å². The Labute approximate surface area is 146 Å². The predicted molar refractivity (Wildman–Crippen MR) is 93.8 cm³/mol. The van der Waals surface area contributed by atoms with Gasteiger partial charge in [-0.15, -0.1) is 24.2 Å². The molecule has 0 saturated carbocycles. The Morgan fingerprint density at radius 3 is 3.05 bits per heavy atom. The van der Waals surface area contributed by atoms with Crippen LogP contribution in [0.15, 0.2) is 11.1 Å². The van der Waals surface area contributed by atoms with Crippen molar-refractivity contribution in [2.24, 2.45) is 0 Å². The number of likely N-dealkylation sites (N-methyl/N-ethyl adjacent to an activating group) is 1. The van der Waals surface area contributed by atoms with Crippen molar-refractivity contribution >= 4 is 47.4 Å². The molecule has 2 heterocycles. The summed E-state index contributed by atoms with van der Waals surface area (Å²) in [5.74, 6) is 0.742. The van der Waals surface area contributed by atoms with Crippen molar-refractivity contribution in [3.63, 3.8) is 0 Å². The van der Waals surface area contributed by atoms with Crippen LogP contribution in [0.5, 0.6) is 0 Å². The Bertz CT molecular complexity index is 508. The molecular formula is C14H22ClN3O2S2. The van der Waals surface area contributed by atoms with Gasteiger partial charge in [0.1, 0.15) is 10.7 Å². The number of rotatable bonds is 7. The van der Waals surface area contributed by atoms with Crippen LogP contribution >= 0.6 is 35.9 Å². The van der Waals surface area contributed by atoms with Crippen molar-refractivity contribution in [3.05, 3.63) is 11.8 Å². The molecule has 1 aromatic rings. The van der Waals surface area contributed by atoms with E-state index in [1.54, 1.807) is 11.8 Å². The van der Waals surface area contributed by atoms with Gasteiger partial charge in [-0.25, -0.2) is 0 Å². The lowest BCUT2D eigenvalue weighted by molar-refractivity contribution is -0.143. The molecule has 8 heteroatoms. The van der Waals surface area contributed by atoms with Gasteiger partial charge in [0, 0.05) is 25.3 Å². The molecule has 0 N–H and O–H groups in total. The molecule has 5 nitrogen and oxygen atoms in total. The summed E-state index contributed by atoms with van der Waals surface area (Å²) in [7, 11) is 2.12. The highest BCUT2D eigenvalue weighted by Gasteiger charge is 2.17. The third kappa shape index (κ3) is 5.87. The summed E-state index contributed by atoms with van der Waals surface area (Å²) in [5.41, 5.74) is 2.29. The Kier molecular flexibility index (Phi) is 9.00. The summed E-state index contributed by atoms with van der Waals surface area (Å²) >= 11 is 2.94. The van der Waals surface area contributed by atoms with Crippen LogP contribution in [0.3, 0.4) is 0 Å². The SMILES string of the molecule is CCOC(=O)CCCSc1nsnc1C1=CCCN(C)C1.Cl. The fourth-order valence-corrected chi connectivity index (χ4v) is 3.81. The molecule has 0 amide bonds. The number of carbonyl (C=O) groups excluding carboxylic acids is 1. The van der Waals surface area contributed by atoms with Crippen LogP contribution in [0, 0.1) is 0 Å². The van der Waals surface area contributed by atoms with Crippen LogP contribution in [-0.2, 0) is 9.53 Å². The molecule has 0 atom stereocenters. The van der Waals surface area contributed by atoms with Gasteiger partial charge in [0.15, 0.2) is 0 Å². The number of nitrogens with zero attached hydrogens (tertiary/aromatic N) is 3. The van der Waals surface area contributed by atoms with Crippen molar-refractivity contribution in [2.75, 3.05) is 32.5 Å². The minimum Gasteiger partial charge on any atom is -0.466 e. The summed E-state index contributed by atoms with van der Waals surface area (Å²) in [6.07, 6.45) is 4.61. The molecule has 0 fully saturated rings. The second kappa shape index (κ2) is 10.2. The lowest BCUT2D eigenvalue weighted by Gasteiger charge is -2.22. The first-order valence-electron chi connectivity index (χ1n) is 7.19. The molecule has 1 aromatic heterocycles. The summed E-state index contributed by atoms with van der Waals surface area (Å²) in [4.78, 5) is 13.6. The van der Waals surface area contributed by atoms with Crippen LogP contribution in [0.25, 0.3) is 5.57 Å². The standard InChI is InChI=1S/C14H21N3O2S2.ClH/c1-3-19-12(18)7-5-9-20-14-13(15-21-16-14)11-6-4-8-17(2)10-11;/h6H,3-5,7-10H2,1-2H3;1H. The maximum absolute atomic E-state index is 11.3. The molecule has 2 rings (SSSR count). The van der Waals surface area contributed by atoms with Gasteiger partial charge in [-0.2, -0.15) is 8.75 Å². The number of hydrogen-bond acceptors (Lipinski definition) is 7. The fourth-order valence-electron chi connectivity index (χ4n) is 2.15. The van der Waals surface area contributed by atoms with Crippen molar-refractivity contribution in [1.82, 2.24) is 13.6 Å². The van der Waals surface area contributed by atoms with Crippen molar-refractivity contribution < 1.29 is 9.53 Å². The molecule has 22 heavy (non-hydrogen) atoms. The van der Waals surface area contributed by atoms with E-state index in [9.17, 15) is 4.79 Å². The maximum atomic E-state index is 11.3. The molecular weight excluding hydrogens is 342 g/mol. The Balaban J connectivity index is 0.00000242. The van der Waals surface area contributed by atoms with Crippen molar-refractivity contribution in [2.45, 2.75) is 31.2 Å². The molecule has 0 aromatic carbocycles. The quantitative estimate of drug-likeness (QED) is 0.421. The minimum atomic E-state index is -0.119. The van der Waals surface area contributed by atoms with Gasteiger partial charge < -0.3 is 9.64 Å². The van der Waals surface area contributed by atoms with Gasteiger partial charge in [0.2, 0.25) is 0 Å². The normalized spacial score (nSPS) is 15.1. The van der Waals surface area contributed by atoms with E-state index in [-0.39, 0.29) is 18.4 Å². The number of ether oxygens (including phenoxy) is 1. The van der Waals surface area contributed by atoms with Gasteiger partial charge in [-0.05, 0) is 32.4 Å². The maximum Gasteiger partial charge on any atom is 0.305 e. The van der Waals surface area contributed by atoms with E-state index in [1.165, 1.54) is 17.3 Å². The average molecular weight is 364 g/mol. The fraction of sp³-hybridized carbons (Fsp3) is 0.643. The second-order valence-corrected chi connectivity index (χ2v) is 6.54. The second-order valence-electron chi connectivity index (χ2n) is 4.93. The lowest BCUT2D eigenvalue weighted by Crippen LogP contribution is -2.25. The molecule has 0 unspecified atom stereocenters. The first-order chi connectivity index (χ1) is 10.2. The summed E-state index contributed by atoms with van der Waals surface area (Å²) in [6.45, 7) is 4.31. The zero-order valence-corrected chi connectivity index (χ0v) is 15.4. The molecule has 0 saturated heterocycles. The minimum absolute atomic E-state index is 0. The largest absolute Gasteiger partial charge is 0.466 e. The molecule has 0 radical (unpaired) electrons. The Morgan fingerprint density at radius 1 is 1.50 bits per heavy atom. The first-order valence-corrected chi connectivity index (χ1v) is 8.91. The zero-order valence-electron chi connectivity index (χ0n) is 12.9. The topological polar surface area (TPSA) is 55.3 Å². The highest BCUT2D eigenvalue weighted by Crippen LogP contribution is 2.29. The van der Waals surface area contributed by atoms with Crippen LogP contribution in [0.1, 0.15) is 31.9 Å². The van der Waals surface area contributed by atoms with E-state index in [0.29, 0.717) is 13.0 Å². The monoisotopic (exact) mass is 363 g/mol. The highest BCUT2D eigenvalue weighted by molar-refractivity contribution is 7.99. The van der Waals surface area contributed by atoms with Gasteiger partial charge in [0.05, 0.1) is 18.3 Å². The molecule has 1 aliphatic rings. The highest BCUT2D eigenvalue weighted by atomic mass is 35.5. The summed E-state index contributed by atoms with van der Waals surface area (Å²) < 4.78 is 13.7. The molecule has 0 bridgehead atoms. The number of esters is 1. The van der Waals surface area contributed by atoms with E-state index in [2.05, 4.69) is 26.8 Å². The Morgan fingerprint density at radius 2 is 2.32 bits per heavy atom. The number of hydrogen-bond donors (Lipinski definition) is 0. The van der Waals surface area contributed by atoms with Crippen molar-refractivity contribution in [3.8, 4) is 0 Å². The van der Waals surface area contributed by atoms with E-state index in [4.69, 9.17) is 4.74 Å². The van der Waals surface area contributed by atoms with Crippen molar-refractivity contribution in [1.29, 1.82) is 0 Å². The average Bonchev–Trinajstić information content (AvgIpc) is 2.92. The number of thioether (sulfide) groups is 1. The zero-order chi connectivity index (χ0) is 15.1. The Hall–Kier alpha value is -0.630. The number of aromatic nitrogens is 2. The smallest absolute Gasteiger partial charge is 0.305 e. The third-order valence-electron chi connectivity index (χ3n) is 3.17. The van der Waals surface area contributed by atoms with Gasteiger partial charge >= 0.3 is 5.97 Å².